The predicted octanol–water partition coefficient (Wildman–Crippen LogP) is 3.51. The maximum absolute atomic E-state index is 5.95. The fraction of sp³-hybridized carbons (Fsp3) is 0.571. The summed E-state index contributed by atoms with van der Waals surface area (Å²) in [7, 11) is 0. The van der Waals surface area contributed by atoms with Crippen LogP contribution in [0.25, 0.3) is 0 Å². The second-order valence-corrected chi connectivity index (χ2v) is 4.94. The molecular formula is C14H22N2. The van der Waals surface area contributed by atoms with Gasteiger partial charge in [0.05, 0.1) is 11.4 Å². The molecule has 0 aliphatic heterocycles. The summed E-state index contributed by atoms with van der Waals surface area (Å²) in [5.74, 6) is 1.63. The Kier molecular flexibility index (Phi) is 3.37. The molecule has 2 heteroatoms. The van der Waals surface area contributed by atoms with E-state index >= 15 is 0 Å². The molecule has 1 aromatic rings. The Labute approximate surface area is 98.2 Å². The lowest BCUT2D eigenvalue weighted by molar-refractivity contribution is 0.392. The first kappa shape index (κ1) is 11.3. The molecule has 0 heterocycles. The van der Waals surface area contributed by atoms with E-state index in [0.717, 1.165) is 23.2 Å². The minimum Gasteiger partial charge on any atom is -0.397 e. The van der Waals surface area contributed by atoms with Gasteiger partial charge in [0.25, 0.3) is 0 Å². The van der Waals surface area contributed by atoms with Gasteiger partial charge >= 0.3 is 0 Å². The molecule has 1 fully saturated rings. The van der Waals surface area contributed by atoms with Gasteiger partial charge in [-0.3, -0.25) is 0 Å². The molecule has 3 unspecified atom stereocenters. The van der Waals surface area contributed by atoms with E-state index in [9.17, 15) is 0 Å². The Balaban J connectivity index is 2.04. The third-order valence-electron chi connectivity index (χ3n) is 4.05. The van der Waals surface area contributed by atoms with Crippen LogP contribution in [0.2, 0.25) is 0 Å². The lowest BCUT2D eigenvalue weighted by Gasteiger charge is -2.22. The van der Waals surface area contributed by atoms with E-state index in [1.54, 1.807) is 0 Å². The highest BCUT2D eigenvalue weighted by molar-refractivity contribution is 5.66. The van der Waals surface area contributed by atoms with Crippen molar-refractivity contribution in [3.63, 3.8) is 0 Å². The van der Waals surface area contributed by atoms with E-state index in [1.807, 2.05) is 18.2 Å². The molecule has 3 atom stereocenters. The fourth-order valence-corrected chi connectivity index (χ4v) is 2.86. The molecule has 0 radical (unpaired) electrons. The first-order chi connectivity index (χ1) is 7.72. The second kappa shape index (κ2) is 4.77. The summed E-state index contributed by atoms with van der Waals surface area (Å²) in [6, 6.07) is 8.64. The third-order valence-corrected chi connectivity index (χ3v) is 4.05. The van der Waals surface area contributed by atoms with Crippen molar-refractivity contribution in [2.24, 2.45) is 11.8 Å². The summed E-state index contributed by atoms with van der Waals surface area (Å²) < 4.78 is 0. The summed E-state index contributed by atoms with van der Waals surface area (Å²) in [5.41, 5.74) is 7.90. The van der Waals surface area contributed by atoms with Gasteiger partial charge in [0.1, 0.15) is 0 Å². The highest BCUT2D eigenvalue weighted by Gasteiger charge is 2.31. The maximum Gasteiger partial charge on any atom is 0.0576 e. The van der Waals surface area contributed by atoms with Gasteiger partial charge in [0, 0.05) is 6.04 Å². The Bertz CT molecular complexity index is 348. The van der Waals surface area contributed by atoms with Crippen molar-refractivity contribution in [1.82, 2.24) is 0 Å². The lowest BCUT2D eigenvalue weighted by atomic mass is 9.93. The van der Waals surface area contributed by atoms with Gasteiger partial charge < -0.3 is 11.1 Å². The highest BCUT2D eigenvalue weighted by Crippen LogP contribution is 2.36. The van der Waals surface area contributed by atoms with Crippen molar-refractivity contribution in [3.05, 3.63) is 24.3 Å². The number of nitrogens with two attached hydrogens (primary N) is 1. The zero-order valence-electron chi connectivity index (χ0n) is 10.2. The quantitative estimate of drug-likeness (QED) is 0.762. The molecule has 1 saturated carbocycles. The smallest absolute Gasteiger partial charge is 0.0576 e. The van der Waals surface area contributed by atoms with Crippen molar-refractivity contribution in [2.75, 3.05) is 11.1 Å². The summed E-state index contributed by atoms with van der Waals surface area (Å²) in [6.07, 6.45) is 3.92. The molecular weight excluding hydrogens is 196 g/mol. The van der Waals surface area contributed by atoms with E-state index in [0.29, 0.717) is 6.04 Å². The summed E-state index contributed by atoms with van der Waals surface area (Å²) in [5, 5.41) is 3.60. The Morgan fingerprint density at radius 1 is 1.31 bits per heavy atom. The number of para-hydroxylation sites is 2. The molecule has 0 saturated heterocycles. The number of hydrogen-bond donors (Lipinski definition) is 2. The van der Waals surface area contributed by atoms with Crippen molar-refractivity contribution in [3.8, 4) is 0 Å². The molecule has 16 heavy (non-hydrogen) atoms. The zero-order chi connectivity index (χ0) is 11.5. The van der Waals surface area contributed by atoms with E-state index in [2.05, 4.69) is 25.2 Å². The Morgan fingerprint density at radius 3 is 2.69 bits per heavy atom. The molecule has 0 spiro atoms. The van der Waals surface area contributed by atoms with Crippen LogP contribution in [0, 0.1) is 11.8 Å². The fourth-order valence-electron chi connectivity index (χ4n) is 2.86. The van der Waals surface area contributed by atoms with Crippen LogP contribution < -0.4 is 11.1 Å². The van der Waals surface area contributed by atoms with Gasteiger partial charge in [0.15, 0.2) is 0 Å². The summed E-state index contributed by atoms with van der Waals surface area (Å²) >= 11 is 0. The molecule has 0 amide bonds. The standard InChI is InChI=1S/C14H22N2/c1-3-11-8-9-13(10(11)2)16-14-7-5-4-6-12(14)15/h4-7,10-11,13,16H,3,8-9,15H2,1-2H3. The normalized spacial score (nSPS) is 29.2. The Hall–Kier alpha value is -1.18. The van der Waals surface area contributed by atoms with Crippen LogP contribution in [0.1, 0.15) is 33.1 Å². The van der Waals surface area contributed by atoms with Crippen LogP contribution in [0.5, 0.6) is 0 Å². The van der Waals surface area contributed by atoms with Crippen LogP contribution >= 0.6 is 0 Å². The SMILES string of the molecule is CCC1CCC(Nc2ccccc2N)C1C. The highest BCUT2D eigenvalue weighted by atomic mass is 14.9. The number of anilines is 2. The van der Waals surface area contributed by atoms with Crippen LogP contribution in [0.3, 0.4) is 0 Å². The van der Waals surface area contributed by atoms with Gasteiger partial charge in [-0.25, -0.2) is 0 Å². The number of nitrogens with one attached hydrogen (secondary N) is 1. The first-order valence-electron chi connectivity index (χ1n) is 6.33. The lowest BCUT2D eigenvalue weighted by Crippen LogP contribution is -2.25. The number of hydrogen-bond acceptors (Lipinski definition) is 2. The summed E-state index contributed by atoms with van der Waals surface area (Å²) in [6.45, 7) is 4.65. The van der Waals surface area contributed by atoms with Gasteiger partial charge in [-0.2, -0.15) is 0 Å². The molecule has 1 aromatic carbocycles. The Morgan fingerprint density at radius 2 is 2.06 bits per heavy atom. The second-order valence-electron chi connectivity index (χ2n) is 4.94. The zero-order valence-corrected chi connectivity index (χ0v) is 10.2. The van der Waals surface area contributed by atoms with Crippen molar-refractivity contribution in [1.29, 1.82) is 0 Å². The van der Waals surface area contributed by atoms with E-state index in [1.165, 1.54) is 19.3 Å². The minimum absolute atomic E-state index is 0.592. The summed E-state index contributed by atoms with van der Waals surface area (Å²) in [4.78, 5) is 0. The molecule has 2 rings (SSSR count). The average Bonchev–Trinajstić information content (AvgIpc) is 2.63. The van der Waals surface area contributed by atoms with Gasteiger partial charge in [-0.05, 0) is 36.8 Å². The number of rotatable bonds is 3. The largest absolute Gasteiger partial charge is 0.397 e. The van der Waals surface area contributed by atoms with Crippen LogP contribution in [-0.4, -0.2) is 6.04 Å². The third kappa shape index (κ3) is 2.16. The van der Waals surface area contributed by atoms with Crippen molar-refractivity contribution >= 4 is 11.4 Å². The minimum atomic E-state index is 0.592. The molecule has 1 aliphatic rings. The number of nitrogen functional groups attached to an aromatic ring is 1. The van der Waals surface area contributed by atoms with Crippen LogP contribution in [0.15, 0.2) is 24.3 Å². The van der Waals surface area contributed by atoms with Crippen LogP contribution in [0.4, 0.5) is 11.4 Å². The topological polar surface area (TPSA) is 38.0 Å². The molecule has 3 N–H and O–H groups in total. The maximum atomic E-state index is 5.95. The average molecular weight is 218 g/mol. The van der Waals surface area contributed by atoms with E-state index in [-0.39, 0.29) is 0 Å². The van der Waals surface area contributed by atoms with E-state index < -0.39 is 0 Å². The molecule has 88 valence electrons. The van der Waals surface area contributed by atoms with Gasteiger partial charge in [-0.15, -0.1) is 0 Å². The first-order valence-corrected chi connectivity index (χ1v) is 6.33. The van der Waals surface area contributed by atoms with Crippen molar-refractivity contribution in [2.45, 2.75) is 39.2 Å². The van der Waals surface area contributed by atoms with Crippen LogP contribution in [-0.2, 0) is 0 Å². The van der Waals surface area contributed by atoms with Gasteiger partial charge in [0.2, 0.25) is 0 Å². The van der Waals surface area contributed by atoms with E-state index in [4.69, 9.17) is 5.73 Å². The molecule has 0 aromatic heterocycles. The molecule has 1 aliphatic carbocycles. The predicted molar refractivity (Wildman–Crippen MR) is 70.4 cm³/mol. The van der Waals surface area contributed by atoms with Gasteiger partial charge in [-0.1, -0.05) is 32.4 Å². The molecule has 0 bridgehead atoms. The molecule has 2 nitrogen and oxygen atoms in total. The monoisotopic (exact) mass is 218 g/mol. The van der Waals surface area contributed by atoms with Crippen molar-refractivity contribution < 1.29 is 0 Å². The number of benzene rings is 1.